The first-order valence-corrected chi connectivity index (χ1v) is 7.24. The zero-order valence-electron chi connectivity index (χ0n) is 11.3. The van der Waals surface area contributed by atoms with Crippen molar-refractivity contribution in [3.05, 3.63) is 82.9 Å². The number of nitrogens with one attached hydrogen (secondary N) is 1. The highest BCUT2D eigenvalue weighted by atomic mass is 14.5. The summed E-state index contributed by atoms with van der Waals surface area (Å²) in [4.78, 5) is 0. The van der Waals surface area contributed by atoms with Gasteiger partial charge in [0.15, 0.2) is 0 Å². The van der Waals surface area contributed by atoms with Gasteiger partial charge in [0.2, 0.25) is 0 Å². The Balaban J connectivity index is 2.07. The maximum Gasteiger partial charge on any atom is 0.0391 e. The molecule has 0 radical (unpaired) electrons. The quantitative estimate of drug-likeness (QED) is 0.772. The van der Waals surface area contributed by atoms with Crippen LogP contribution in [0.2, 0.25) is 0 Å². The summed E-state index contributed by atoms with van der Waals surface area (Å²) in [6.45, 7) is 0. The fourth-order valence-electron chi connectivity index (χ4n) is 4.15. The molecule has 0 amide bonds. The Labute approximate surface area is 119 Å². The van der Waals surface area contributed by atoms with Crippen molar-refractivity contribution >= 4 is 6.21 Å². The van der Waals surface area contributed by atoms with Crippen molar-refractivity contribution in [2.75, 3.05) is 0 Å². The molecule has 3 aliphatic carbocycles. The second kappa shape index (κ2) is 4.17. The highest BCUT2D eigenvalue weighted by molar-refractivity contribution is 5.70. The molecule has 20 heavy (non-hydrogen) atoms. The molecule has 2 bridgehead atoms. The summed E-state index contributed by atoms with van der Waals surface area (Å²) in [6.07, 6.45) is 7.86. The van der Waals surface area contributed by atoms with Gasteiger partial charge in [-0.3, -0.25) is 0 Å². The van der Waals surface area contributed by atoms with Crippen molar-refractivity contribution in [3.8, 4) is 0 Å². The third-order valence-electron chi connectivity index (χ3n) is 4.94. The first kappa shape index (κ1) is 11.7. The lowest BCUT2D eigenvalue weighted by Gasteiger charge is -2.48. The fraction of sp³-hybridized carbons (Fsp3) is 0.211. The second-order valence-electron chi connectivity index (χ2n) is 5.76. The largest absolute Gasteiger partial charge is 0.309 e. The van der Waals surface area contributed by atoms with Crippen LogP contribution in [0, 0.1) is 5.41 Å². The maximum absolute atomic E-state index is 7.35. The Bertz CT molecular complexity index is 664. The topological polar surface area (TPSA) is 23.9 Å². The van der Waals surface area contributed by atoms with Crippen LogP contribution in [0.5, 0.6) is 0 Å². The molecule has 1 N–H and O–H groups in total. The lowest BCUT2D eigenvalue weighted by Crippen LogP contribution is -2.38. The molecule has 2 aromatic rings. The Hall–Kier alpha value is -2.15. The van der Waals surface area contributed by atoms with Crippen molar-refractivity contribution in [1.82, 2.24) is 0 Å². The van der Waals surface area contributed by atoms with E-state index in [4.69, 9.17) is 5.41 Å². The highest BCUT2D eigenvalue weighted by Gasteiger charge is 2.46. The molecule has 5 rings (SSSR count). The van der Waals surface area contributed by atoms with E-state index < -0.39 is 0 Å². The van der Waals surface area contributed by atoms with Gasteiger partial charge in [0, 0.05) is 17.5 Å². The lowest BCUT2D eigenvalue weighted by atomic mass is 9.55. The van der Waals surface area contributed by atoms with E-state index >= 15 is 0 Å². The normalized spacial score (nSPS) is 26.3. The summed E-state index contributed by atoms with van der Waals surface area (Å²) in [5.74, 6) is 0.553. The first-order valence-electron chi connectivity index (χ1n) is 7.24. The van der Waals surface area contributed by atoms with E-state index in [1.807, 2.05) is 6.08 Å². The number of fused-ring (bicyclic) bond motifs is 1. The van der Waals surface area contributed by atoms with Crippen LogP contribution < -0.4 is 0 Å². The van der Waals surface area contributed by atoms with Gasteiger partial charge in [-0.15, -0.1) is 0 Å². The standard InChI is InChI=1S/C19H17N/c20-13-5-11-19-12-10-14(15-6-1-3-8-17(15)19)16-7-2-4-9-18(16)19/h1-9,11,13-14,20H,10,12H2. The average Bonchev–Trinajstić information content (AvgIpc) is 2.54. The van der Waals surface area contributed by atoms with Crippen molar-refractivity contribution in [2.24, 2.45) is 0 Å². The van der Waals surface area contributed by atoms with Gasteiger partial charge in [0.25, 0.3) is 0 Å². The number of rotatable bonds is 2. The molecule has 0 unspecified atom stereocenters. The zero-order valence-corrected chi connectivity index (χ0v) is 11.3. The molecule has 0 aromatic heterocycles. The Morgan fingerprint density at radius 3 is 2.15 bits per heavy atom. The molecular weight excluding hydrogens is 242 g/mol. The van der Waals surface area contributed by atoms with Crippen LogP contribution in [0.25, 0.3) is 0 Å². The Kier molecular flexibility index (Phi) is 2.43. The van der Waals surface area contributed by atoms with Crippen molar-refractivity contribution in [1.29, 1.82) is 5.41 Å². The number of hydrogen-bond donors (Lipinski definition) is 1. The summed E-state index contributed by atoms with van der Waals surface area (Å²) in [6, 6.07) is 17.7. The number of hydrogen-bond acceptors (Lipinski definition) is 1. The minimum absolute atomic E-state index is 0.0283. The van der Waals surface area contributed by atoms with Gasteiger partial charge in [-0.2, -0.15) is 0 Å². The fourth-order valence-corrected chi connectivity index (χ4v) is 4.15. The molecule has 3 aliphatic rings. The van der Waals surface area contributed by atoms with E-state index in [1.165, 1.54) is 34.9 Å². The summed E-state index contributed by atoms with van der Waals surface area (Å²) in [5, 5.41) is 7.35. The molecule has 0 saturated carbocycles. The molecule has 0 saturated heterocycles. The van der Waals surface area contributed by atoms with Crippen LogP contribution in [0.15, 0.2) is 60.7 Å². The second-order valence-corrected chi connectivity index (χ2v) is 5.76. The molecule has 0 fully saturated rings. The Morgan fingerprint density at radius 1 is 0.950 bits per heavy atom. The van der Waals surface area contributed by atoms with Gasteiger partial charge in [-0.1, -0.05) is 54.6 Å². The molecule has 1 heteroatoms. The average molecular weight is 259 g/mol. The maximum atomic E-state index is 7.35. The molecular formula is C19H17N. The van der Waals surface area contributed by atoms with Gasteiger partial charge in [-0.25, -0.2) is 0 Å². The third kappa shape index (κ3) is 1.35. The van der Waals surface area contributed by atoms with E-state index in [0.717, 1.165) is 6.42 Å². The molecule has 0 spiro atoms. The van der Waals surface area contributed by atoms with Gasteiger partial charge in [0.1, 0.15) is 0 Å². The van der Waals surface area contributed by atoms with Crippen LogP contribution >= 0.6 is 0 Å². The van der Waals surface area contributed by atoms with Gasteiger partial charge in [0.05, 0.1) is 0 Å². The molecule has 98 valence electrons. The summed E-state index contributed by atoms with van der Waals surface area (Å²) in [7, 11) is 0. The van der Waals surface area contributed by atoms with E-state index in [1.54, 1.807) is 0 Å². The van der Waals surface area contributed by atoms with Crippen molar-refractivity contribution in [3.63, 3.8) is 0 Å². The predicted molar refractivity (Wildman–Crippen MR) is 82.7 cm³/mol. The summed E-state index contributed by atoms with van der Waals surface area (Å²) < 4.78 is 0. The minimum atomic E-state index is -0.0283. The van der Waals surface area contributed by atoms with Gasteiger partial charge < -0.3 is 5.41 Å². The van der Waals surface area contributed by atoms with Crippen LogP contribution in [0.3, 0.4) is 0 Å². The van der Waals surface area contributed by atoms with Crippen LogP contribution in [-0.4, -0.2) is 6.21 Å². The van der Waals surface area contributed by atoms with Gasteiger partial charge in [-0.05, 0) is 41.2 Å². The van der Waals surface area contributed by atoms with Gasteiger partial charge >= 0.3 is 0 Å². The molecule has 0 heterocycles. The number of allylic oxidation sites excluding steroid dienone is 2. The molecule has 2 aromatic carbocycles. The van der Waals surface area contributed by atoms with Crippen LogP contribution in [0.4, 0.5) is 0 Å². The first-order chi connectivity index (χ1) is 9.87. The summed E-state index contributed by atoms with van der Waals surface area (Å²) >= 11 is 0. The zero-order chi connectivity index (χ0) is 13.6. The smallest absolute Gasteiger partial charge is 0.0391 e. The van der Waals surface area contributed by atoms with E-state index in [9.17, 15) is 0 Å². The Morgan fingerprint density at radius 2 is 1.55 bits per heavy atom. The monoisotopic (exact) mass is 259 g/mol. The van der Waals surface area contributed by atoms with E-state index in [0.29, 0.717) is 5.92 Å². The SMILES string of the molecule is N=CC=CC12CCC(c3ccccc31)c1ccccc12. The molecule has 1 nitrogen and oxygen atoms in total. The number of benzene rings is 2. The lowest BCUT2D eigenvalue weighted by molar-refractivity contribution is 0.439. The highest BCUT2D eigenvalue weighted by Crippen LogP contribution is 2.56. The van der Waals surface area contributed by atoms with Crippen LogP contribution in [-0.2, 0) is 5.41 Å². The molecule has 0 aliphatic heterocycles. The van der Waals surface area contributed by atoms with E-state index in [2.05, 4.69) is 54.6 Å². The van der Waals surface area contributed by atoms with Crippen LogP contribution in [0.1, 0.15) is 41.0 Å². The van der Waals surface area contributed by atoms with E-state index in [-0.39, 0.29) is 5.41 Å². The van der Waals surface area contributed by atoms with Crippen molar-refractivity contribution in [2.45, 2.75) is 24.2 Å². The van der Waals surface area contributed by atoms with Crippen molar-refractivity contribution < 1.29 is 0 Å². The summed E-state index contributed by atoms with van der Waals surface area (Å²) in [5.41, 5.74) is 5.81. The predicted octanol–water partition coefficient (Wildman–Crippen LogP) is 4.42. The third-order valence-corrected chi connectivity index (χ3v) is 4.94. The molecule has 0 atom stereocenters. The minimum Gasteiger partial charge on any atom is -0.309 e.